The Labute approximate surface area is 88.7 Å². The third-order valence-electron chi connectivity index (χ3n) is 3.62. The first-order valence-electron chi connectivity index (χ1n) is 5.20. The van der Waals surface area contributed by atoms with Crippen molar-refractivity contribution in [1.29, 1.82) is 0 Å². The molecule has 0 aromatic carbocycles. The molecule has 2 nitrogen and oxygen atoms in total. The van der Waals surface area contributed by atoms with Crippen LogP contribution in [-0.2, 0) is 5.41 Å². The number of anilines is 1. The largest absolute Gasteiger partial charge is 0.383 e. The molecule has 1 spiro atoms. The molecule has 0 unspecified atom stereocenters. The van der Waals surface area contributed by atoms with E-state index >= 15 is 0 Å². The second-order valence-electron chi connectivity index (χ2n) is 4.39. The Balaban J connectivity index is 2.12. The van der Waals surface area contributed by atoms with Crippen LogP contribution in [0.5, 0.6) is 0 Å². The predicted molar refractivity (Wildman–Crippen MR) is 57.9 cm³/mol. The molecule has 1 aromatic heterocycles. The number of hydrogen-bond acceptors (Lipinski definition) is 2. The highest BCUT2D eigenvalue weighted by molar-refractivity contribution is 6.29. The summed E-state index contributed by atoms with van der Waals surface area (Å²) in [6.07, 6.45) is 7.16. The number of fused-ring (bicyclic) bond motifs is 2. The van der Waals surface area contributed by atoms with E-state index < -0.39 is 0 Å². The lowest BCUT2D eigenvalue weighted by Crippen LogP contribution is -2.23. The SMILES string of the molecule is Clc1cc2c(cn1)NCC21CCCC1. The number of halogens is 1. The van der Waals surface area contributed by atoms with Gasteiger partial charge >= 0.3 is 0 Å². The molecule has 74 valence electrons. The van der Waals surface area contributed by atoms with E-state index in [1.54, 1.807) is 0 Å². The third kappa shape index (κ3) is 1.07. The topological polar surface area (TPSA) is 24.9 Å². The maximum absolute atomic E-state index is 5.95. The molecular formula is C11H13ClN2. The van der Waals surface area contributed by atoms with E-state index in [2.05, 4.69) is 10.3 Å². The van der Waals surface area contributed by atoms with Gasteiger partial charge in [0.1, 0.15) is 5.15 Å². The van der Waals surface area contributed by atoms with Crippen molar-refractivity contribution in [3.8, 4) is 0 Å². The van der Waals surface area contributed by atoms with E-state index in [-0.39, 0.29) is 0 Å². The van der Waals surface area contributed by atoms with Crippen LogP contribution < -0.4 is 5.32 Å². The molecule has 14 heavy (non-hydrogen) atoms. The standard InChI is InChI=1S/C11H13ClN2/c12-10-5-8-9(6-13-10)14-7-11(8)3-1-2-4-11/h5-6,14H,1-4,7H2. The smallest absolute Gasteiger partial charge is 0.129 e. The van der Waals surface area contributed by atoms with E-state index in [1.165, 1.54) is 36.9 Å². The molecule has 0 atom stereocenters. The fourth-order valence-corrected chi connectivity index (χ4v) is 3.02. The maximum Gasteiger partial charge on any atom is 0.129 e. The zero-order valence-electron chi connectivity index (χ0n) is 8.02. The van der Waals surface area contributed by atoms with E-state index in [0.29, 0.717) is 10.6 Å². The summed E-state index contributed by atoms with van der Waals surface area (Å²) in [5.41, 5.74) is 2.97. The molecule has 1 fully saturated rings. The Hall–Kier alpha value is -0.760. The van der Waals surface area contributed by atoms with Crippen LogP contribution >= 0.6 is 11.6 Å². The Kier molecular flexibility index (Phi) is 1.75. The highest BCUT2D eigenvalue weighted by Gasteiger charge is 2.41. The van der Waals surface area contributed by atoms with Crippen LogP contribution in [0.4, 0.5) is 5.69 Å². The quantitative estimate of drug-likeness (QED) is 0.664. The lowest BCUT2D eigenvalue weighted by atomic mass is 9.81. The van der Waals surface area contributed by atoms with Crippen LogP contribution in [0.2, 0.25) is 5.15 Å². The summed E-state index contributed by atoms with van der Waals surface area (Å²) in [5, 5.41) is 4.06. The van der Waals surface area contributed by atoms with E-state index in [9.17, 15) is 0 Å². The van der Waals surface area contributed by atoms with Gasteiger partial charge in [0, 0.05) is 12.0 Å². The summed E-state index contributed by atoms with van der Waals surface area (Å²) in [6.45, 7) is 1.07. The van der Waals surface area contributed by atoms with Gasteiger partial charge in [-0.15, -0.1) is 0 Å². The van der Waals surface area contributed by atoms with Gasteiger partial charge in [-0.25, -0.2) is 4.98 Å². The molecule has 2 aliphatic rings. The lowest BCUT2D eigenvalue weighted by Gasteiger charge is -2.22. The molecule has 1 saturated carbocycles. The monoisotopic (exact) mass is 208 g/mol. The molecule has 0 amide bonds. The highest BCUT2D eigenvalue weighted by Crippen LogP contribution is 2.47. The number of nitrogens with zero attached hydrogens (tertiary/aromatic N) is 1. The Morgan fingerprint density at radius 1 is 1.36 bits per heavy atom. The van der Waals surface area contributed by atoms with E-state index in [1.807, 2.05) is 12.3 Å². The molecule has 1 aromatic rings. The van der Waals surface area contributed by atoms with Gasteiger partial charge in [-0.1, -0.05) is 24.4 Å². The van der Waals surface area contributed by atoms with Crippen molar-refractivity contribution < 1.29 is 0 Å². The average molecular weight is 209 g/mol. The molecule has 1 N–H and O–H groups in total. The third-order valence-corrected chi connectivity index (χ3v) is 3.83. The van der Waals surface area contributed by atoms with Crippen molar-refractivity contribution in [3.05, 3.63) is 23.0 Å². The molecule has 1 aliphatic heterocycles. The number of rotatable bonds is 0. The van der Waals surface area contributed by atoms with Crippen LogP contribution in [0.1, 0.15) is 31.2 Å². The van der Waals surface area contributed by atoms with Gasteiger partial charge in [-0.2, -0.15) is 0 Å². The average Bonchev–Trinajstić information content (AvgIpc) is 2.77. The van der Waals surface area contributed by atoms with Crippen molar-refractivity contribution in [2.75, 3.05) is 11.9 Å². The number of pyridine rings is 1. The number of hydrogen-bond donors (Lipinski definition) is 1. The summed E-state index contributed by atoms with van der Waals surface area (Å²) in [6, 6.07) is 2.04. The Morgan fingerprint density at radius 3 is 2.93 bits per heavy atom. The summed E-state index contributed by atoms with van der Waals surface area (Å²) in [4.78, 5) is 4.11. The molecular weight excluding hydrogens is 196 g/mol. The van der Waals surface area contributed by atoms with Gasteiger partial charge in [0.25, 0.3) is 0 Å². The molecule has 2 heterocycles. The molecule has 0 bridgehead atoms. The molecule has 1 aliphatic carbocycles. The first-order chi connectivity index (χ1) is 6.80. The normalized spacial score (nSPS) is 22.4. The van der Waals surface area contributed by atoms with Crippen molar-refractivity contribution in [3.63, 3.8) is 0 Å². The molecule has 0 radical (unpaired) electrons. The predicted octanol–water partition coefficient (Wildman–Crippen LogP) is 2.97. The first kappa shape index (κ1) is 8.54. The minimum atomic E-state index is 0.377. The van der Waals surface area contributed by atoms with Crippen molar-refractivity contribution in [2.45, 2.75) is 31.1 Å². The second-order valence-corrected chi connectivity index (χ2v) is 4.78. The lowest BCUT2D eigenvalue weighted by molar-refractivity contribution is 0.489. The second kappa shape index (κ2) is 2.86. The Morgan fingerprint density at radius 2 is 2.14 bits per heavy atom. The van der Waals surface area contributed by atoms with Gasteiger partial charge in [-0.3, -0.25) is 0 Å². The molecule has 0 saturated heterocycles. The number of aromatic nitrogens is 1. The van der Waals surface area contributed by atoms with Gasteiger partial charge in [-0.05, 0) is 24.5 Å². The minimum Gasteiger partial charge on any atom is -0.383 e. The summed E-state index contributed by atoms with van der Waals surface area (Å²) in [7, 11) is 0. The van der Waals surface area contributed by atoms with Gasteiger partial charge in [0.15, 0.2) is 0 Å². The van der Waals surface area contributed by atoms with Crippen LogP contribution in [-0.4, -0.2) is 11.5 Å². The summed E-state index contributed by atoms with van der Waals surface area (Å²) in [5.74, 6) is 0. The van der Waals surface area contributed by atoms with Crippen molar-refractivity contribution in [1.82, 2.24) is 4.98 Å². The van der Waals surface area contributed by atoms with Crippen LogP contribution in [0.15, 0.2) is 12.3 Å². The fraction of sp³-hybridized carbons (Fsp3) is 0.545. The fourth-order valence-electron chi connectivity index (χ4n) is 2.87. The van der Waals surface area contributed by atoms with E-state index in [0.717, 1.165) is 6.54 Å². The zero-order valence-corrected chi connectivity index (χ0v) is 8.77. The summed E-state index contributed by atoms with van der Waals surface area (Å²) < 4.78 is 0. The van der Waals surface area contributed by atoms with Crippen molar-refractivity contribution in [2.24, 2.45) is 0 Å². The molecule has 3 rings (SSSR count). The van der Waals surface area contributed by atoms with Gasteiger partial charge in [0.05, 0.1) is 11.9 Å². The van der Waals surface area contributed by atoms with Crippen molar-refractivity contribution >= 4 is 17.3 Å². The summed E-state index contributed by atoms with van der Waals surface area (Å²) >= 11 is 5.95. The Bertz CT molecular complexity index is 370. The zero-order chi connectivity index (χ0) is 9.60. The van der Waals surface area contributed by atoms with Crippen LogP contribution in [0, 0.1) is 0 Å². The van der Waals surface area contributed by atoms with Crippen LogP contribution in [0.25, 0.3) is 0 Å². The molecule has 3 heteroatoms. The highest BCUT2D eigenvalue weighted by atomic mass is 35.5. The number of nitrogens with one attached hydrogen (secondary N) is 1. The first-order valence-corrected chi connectivity index (χ1v) is 5.58. The van der Waals surface area contributed by atoms with E-state index in [4.69, 9.17) is 11.6 Å². The van der Waals surface area contributed by atoms with Gasteiger partial charge in [0.2, 0.25) is 0 Å². The minimum absolute atomic E-state index is 0.377. The maximum atomic E-state index is 5.95. The van der Waals surface area contributed by atoms with Crippen LogP contribution in [0.3, 0.4) is 0 Å². The van der Waals surface area contributed by atoms with Gasteiger partial charge < -0.3 is 5.32 Å².